The molecule has 0 radical (unpaired) electrons. The number of aryl methyl sites for hydroxylation is 1. The fourth-order valence-electron chi connectivity index (χ4n) is 6.75. The van der Waals surface area contributed by atoms with E-state index in [1.165, 1.54) is 47.5 Å². The Kier molecular flexibility index (Phi) is 5.65. The van der Waals surface area contributed by atoms with Crippen LogP contribution in [0.5, 0.6) is 0 Å². The molecule has 44 heavy (non-hydrogen) atoms. The van der Waals surface area contributed by atoms with Gasteiger partial charge in [-0.25, -0.2) is 9.97 Å². The van der Waals surface area contributed by atoms with Gasteiger partial charge in [-0.15, -0.1) is 11.3 Å². The number of aromatic nitrogens is 3. The molecule has 0 aliphatic carbocycles. The summed E-state index contributed by atoms with van der Waals surface area (Å²) in [6, 6.07) is 47.8. The summed E-state index contributed by atoms with van der Waals surface area (Å²) in [7, 11) is 0. The van der Waals surface area contributed by atoms with Crippen LogP contribution in [0.1, 0.15) is 12.7 Å². The van der Waals surface area contributed by atoms with Crippen LogP contribution in [0, 0.1) is 0 Å². The maximum atomic E-state index is 5.27. The molecule has 0 N–H and O–H groups in total. The van der Waals surface area contributed by atoms with Crippen LogP contribution in [0.4, 0.5) is 0 Å². The molecule has 208 valence electrons. The van der Waals surface area contributed by atoms with E-state index >= 15 is 0 Å². The van der Waals surface area contributed by atoms with E-state index in [-0.39, 0.29) is 0 Å². The lowest BCUT2D eigenvalue weighted by Crippen LogP contribution is -1.99. The van der Waals surface area contributed by atoms with E-state index in [0.29, 0.717) is 0 Å². The van der Waals surface area contributed by atoms with Crippen molar-refractivity contribution in [3.63, 3.8) is 0 Å². The zero-order valence-electron chi connectivity index (χ0n) is 24.2. The van der Waals surface area contributed by atoms with Crippen molar-refractivity contribution in [2.24, 2.45) is 0 Å². The predicted molar refractivity (Wildman–Crippen MR) is 187 cm³/mol. The molecule has 0 bridgehead atoms. The summed E-state index contributed by atoms with van der Waals surface area (Å²) < 4.78 is 4.90. The van der Waals surface area contributed by atoms with Crippen LogP contribution in [0.25, 0.3) is 81.0 Å². The molecule has 4 heteroatoms. The van der Waals surface area contributed by atoms with E-state index in [4.69, 9.17) is 9.97 Å². The maximum Gasteiger partial charge on any atom is 0.114 e. The molecule has 3 nitrogen and oxygen atoms in total. The van der Waals surface area contributed by atoms with E-state index < -0.39 is 0 Å². The Morgan fingerprint density at radius 3 is 2.11 bits per heavy atom. The molecule has 3 heterocycles. The lowest BCUT2D eigenvalue weighted by Gasteiger charge is -2.15. The molecule has 0 saturated heterocycles. The van der Waals surface area contributed by atoms with Gasteiger partial charge in [-0.3, -0.25) is 4.57 Å². The Balaban J connectivity index is 1.36. The summed E-state index contributed by atoms with van der Waals surface area (Å²) in [5.41, 5.74) is 8.90. The standard InChI is InChI=1S/C40H27N3S/c1-2-36-41-33-17-9-10-18-34(33)43(36)27-22-20-25(21-23-27)30-24-31-37(38-29-15-7-11-19-35(29)44-40(30)38)28-14-6-8-16-32(28)42-39(31)26-12-4-3-5-13-26/h3-24H,2H2,1H3. The molecule has 0 spiro atoms. The lowest BCUT2D eigenvalue weighted by molar-refractivity contribution is 0.908. The van der Waals surface area contributed by atoms with E-state index in [2.05, 4.69) is 145 Å². The molecule has 9 aromatic rings. The van der Waals surface area contributed by atoms with Crippen molar-refractivity contribution in [3.8, 4) is 28.1 Å². The van der Waals surface area contributed by atoms with E-state index in [1.807, 2.05) is 11.3 Å². The van der Waals surface area contributed by atoms with Gasteiger partial charge < -0.3 is 0 Å². The van der Waals surface area contributed by atoms with Crippen LogP contribution < -0.4 is 0 Å². The average molecular weight is 582 g/mol. The van der Waals surface area contributed by atoms with Crippen molar-refractivity contribution >= 4 is 64.2 Å². The number of rotatable bonds is 4. The van der Waals surface area contributed by atoms with E-state index in [9.17, 15) is 0 Å². The minimum Gasteiger partial charge on any atom is -0.296 e. The fourth-order valence-corrected chi connectivity index (χ4v) is 8.00. The quantitative estimate of drug-likeness (QED) is 0.194. The number of imidazole rings is 1. The molecule has 9 rings (SSSR count). The van der Waals surface area contributed by atoms with Gasteiger partial charge in [-0.2, -0.15) is 0 Å². The molecule has 0 amide bonds. The third-order valence-electron chi connectivity index (χ3n) is 8.74. The van der Waals surface area contributed by atoms with Crippen molar-refractivity contribution in [1.29, 1.82) is 0 Å². The highest BCUT2D eigenvalue weighted by molar-refractivity contribution is 7.26. The summed E-state index contributed by atoms with van der Waals surface area (Å²) in [6.07, 6.45) is 0.868. The normalized spacial score (nSPS) is 11.8. The molecule has 0 atom stereocenters. The van der Waals surface area contributed by atoms with E-state index in [1.54, 1.807) is 0 Å². The summed E-state index contributed by atoms with van der Waals surface area (Å²) >= 11 is 1.88. The summed E-state index contributed by atoms with van der Waals surface area (Å²) in [4.78, 5) is 10.2. The summed E-state index contributed by atoms with van der Waals surface area (Å²) in [5.74, 6) is 1.07. The largest absolute Gasteiger partial charge is 0.296 e. The van der Waals surface area contributed by atoms with Crippen molar-refractivity contribution in [2.45, 2.75) is 13.3 Å². The molecular formula is C40H27N3S. The molecular weight excluding hydrogens is 555 g/mol. The van der Waals surface area contributed by atoms with Gasteiger partial charge in [0.2, 0.25) is 0 Å². The van der Waals surface area contributed by atoms with Gasteiger partial charge in [0, 0.05) is 59.6 Å². The molecule has 0 saturated carbocycles. The molecule has 6 aromatic carbocycles. The fraction of sp³-hybridized carbons (Fsp3) is 0.0500. The zero-order chi connectivity index (χ0) is 29.2. The van der Waals surface area contributed by atoms with Crippen LogP contribution in [-0.4, -0.2) is 14.5 Å². The lowest BCUT2D eigenvalue weighted by atomic mass is 9.92. The highest BCUT2D eigenvalue weighted by Gasteiger charge is 2.20. The number of hydrogen-bond donors (Lipinski definition) is 0. The highest BCUT2D eigenvalue weighted by atomic mass is 32.1. The van der Waals surface area contributed by atoms with Gasteiger partial charge in [0.15, 0.2) is 0 Å². The Morgan fingerprint density at radius 2 is 1.30 bits per heavy atom. The van der Waals surface area contributed by atoms with Crippen LogP contribution in [-0.2, 0) is 6.42 Å². The molecule has 0 aliphatic heterocycles. The second kappa shape index (κ2) is 9.87. The highest BCUT2D eigenvalue weighted by Crippen LogP contribution is 2.47. The minimum absolute atomic E-state index is 0.868. The Labute approximate surface area is 258 Å². The Morgan fingerprint density at radius 1 is 0.591 bits per heavy atom. The average Bonchev–Trinajstić information content (AvgIpc) is 3.67. The number of benzene rings is 6. The molecule has 0 aliphatic rings. The number of fused-ring (bicyclic) bond motifs is 8. The topological polar surface area (TPSA) is 30.7 Å². The summed E-state index contributed by atoms with van der Waals surface area (Å²) in [5, 5.41) is 6.26. The second-order valence-electron chi connectivity index (χ2n) is 11.2. The monoisotopic (exact) mass is 581 g/mol. The van der Waals surface area contributed by atoms with Crippen molar-refractivity contribution in [2.75, 3.05) is 0 Å². The van der Waals surface area contributed by atoms with Gasteiger partial charge in [-0.05, 0) is 48.0 Å². The van der Waals surface area contributed by atoms with Crippen LogP contribution >= 0.6 is 11.3 Å². The van der Waals surface area contributed by atoms with Gasteiger partial charge >= 0.3 is 0 Å². The number of thiophene rings is 1. The molecule has 0 unspecified atom stereocenters. The van der Waals surface area contributed by atoms with Gasteiger partial charge in [0.1, 0.15) is 5.82 Å². The Hall–Kier alpha value is -5.32. The van der Waals surface area contributed by atoms with Gasteiger partial charge in [-0.1, -0.05) is 97.9 Å². The van der Waals surface area contributed by atoms with Crippen molar-refractivity contribution in [3.05, 3.63) is 139 Å². The SMILES string of the molecule is CCc1nc2ccccc2n1-c1ccc(-c2cc3c(-c4ccccc4)nc4ccccc4c3c3c2sc2ccccc23)cc1. The van der Waals surface area contributed by atoms with Crippen LogP contribution in [0.3, 0.4) is 0 Å². The first-order chi connectivity index (χ1) is 21.8. The first kappa shape index (κ1) is 25.2. The third kappa shape index (κ3) is 3.74. The second-order valence-corrected chi connectivity index (χ2v) is 12.3. The molecule has 0 fully saturated rings. The minimum atomic E-state index is 0.868. The first-order valence-corrected chi connectivity index (χ1v) is 15.9. The van der Waals surface area contributed by atoms with Gasteiger partial charge in [0.05, 0.1) is 22.2 Å². The van der Waals surface area contributed by atoms with E-state index in [0.717, 1.165) is 45.7 Å². The van der Waals surface area contributed by atoms with Gasteiger partial charge in [0.25, 0.3) is 0 Å². The van der Waals surface area contributed by atoms with Crippen molar-refractivity contribution in [1.82, 2.24) is 14.5 Å². The number of nitrogens with zero attached hydrogens (tertiary/aromatic N) is 3. The molecule has 3 aromatic heterocycles. The van der Waals surface area contributed by atoms with Crippen molar-refractivity contribution < 1.29 is 0 Å². The smallest absolute Gasteiger partial charge is 0.114 e. The van der Waals surface area contributed by atoms with Crippen LogP contribution in [0.2, 0.25) is 0 Å². The number of pyridine rings is 1. The number of hydrogen-bond acceptors (Lipinski definition) is 3. The Bertz CT molecular complexity index is 2520. The maximum absolute atomic E-state index is 5.27. The summed E-state index contributed by atoms with van der Waals surface area (Å²) in [6.45, 7) is 2.17. The zero-order valence-corrected chi connectivity index (χ0v) is 25.0. The predicted octanol–water partition coefficient (Wildman–Crippen LogP) is 11.0. The number of para-hydroxylation sites is 3. The van der Waals surface area contributed by atoms with Crippen LogP contribution in [0.15, 0.2) is 133 Å². The first-order valence-electron chi connectivity index (χ1n) is 15.1. The third-order valence-corrected chi connectivity index (χ3v) is 9.94.